The average Bonchev–Trinajstić information content (AvgIpc) is 2.79. The minimum absolute atomic E-state index is 0.0324. The van der Waals surface area contributed by atoms with Gasteiger partial charge < -0.3 is 20.3 Å². The molecule has 3 rings (SSSR count). The molecule has 1 fully saturated rings. The third-order valence-corrected chi connectivity index (χ3v) is 4.47. The number of rotatable bonds is 2. The first kappa shape index (κ1) is 13.4. The summed E-state index contributed by atoms with van der Waals surface area (Å²) in [6.07, 6.45) is 2.17. The van der Waals surface area contributed by atoms with E-state index in [4.69, 9.17) is 5.73 Å². The zero-order valence-corrected chi connectivity index (χ0v) is 12.1. The highest BCUT2D eigenvalue weighted by molar-refractivity contribution is 5.79. The third kappa shape index (κ3) is 2.17. The van der Waals surface area contributed by atoms with Crippen molar-refractivity contribution >= 4 is 16.7 Å². The number of benzene rings is 1. The van der Waals surface area contributed by atoms with Gasteiger partial charge in [-0.3, -0.25) is 0 Å². The van der Waals surface area contributed by atoms with Crippen LogP contribution in [0.1, 0.15) is 31.6 Å². The van der Waals surface area contributed by atoms with Crippen molar-refractivity contribution < 1.29 is 5.11 Å². The number of hydrogen-bond acceptors (Lipinski definition) is 4. The van der Waals surface area contributed by atoms with E-state index in [1.807, 2.05) is 18.2 Å². The number of anilines is 1. The molecule has 1 saturated heterocycles. The van der Waals surface area contributed by atoms with Crippen molar-refractivity contribution in [2.75, 3.05) is 19.3 Å². The number of aliphatic hydroxyl groups is 1. The highest BCUT2D eigenvalue weighted by Gasteiger charge is 2.26. The minimum Gasteiger partial charge on any atom is -0.399 e. The molecule has 108 valence electrons. The van der Waals surface area contributed by atoms with E-state index in [0.29, 0.717) is 17.8 Å². The Morgan fingerprint density at radius 1 is 1.45 bits per heavy atom. The van der Waals surface area contributed by atoms with E-state index >= 15 is 0 Å². The summed E-state index contributed by atoms with van der Waals surface area (Å²) in [6.45, 7) is 3.29. The van der Waals surface area contributed by atoms with Crippen LogP contribution in [0.25, 0.3) is 11.0 Å². The summed E-state index contributed by atoms with van der Waals surface area (Å²) in [6, 6.07) is 6.74. The fourth-order valence-electron chi connectivity index (χ4n) is 3.18. The van der Waals surface area contributed by atoms with Crippen LogP contribution in [0.2, 0.25) is 0 Å². The van der Waals surface area contributed by atoms with Gasteiger partial charge in [0.2, 0.25) is 0 Å². The number of piperidine rings is 1. The van der Waals surface area contributed by atoms with Gasteiger partial charge in [-0.1, -0.05) is 0 Å². The number of imidazole rings is 1. The van der Waals surface area contributed by atoms with Crippen molar-refractivity contribution in [1.29, 1.82) is 0 Å². The third-order valence-electron chi connectivity index (χ3n) is 4.47. The van der Waals surface area contributed by atoms with Gasteiger partial charge in [-0.15, -0.1) is 0 Å². The summed E-state index contributed by atoms with van der Waals surface area (Å²) >= 11 is 0. The van der Waals surface area contributed by atoms with E-state index in [0.717, 1.165) is 36.2 Å². The Morgan fingerprint density at radius 3 is 2.95 bits per heavy atom. The summed E-state index contributed by atoms with van der Waals surface area (Å²) in [5.74, 6) is 0.743. The summed E-state index contributed by atoms with van der Waals surface area (Å²) < 4.78 is 2.21. The van der Waals surface area contributed by atoms with E-state index in [-0.39, 0.29) is 6.61 Å². The Kier molecular flexibility index (Phi) is 3.40. The largest absolute Gasteiger partial charge is 0.399 e. The SMILES string of the molecule is CC1CC(n2c(CO)nc3cc(N)ccc32)CCN1C. The molecule has 0 saturated carbocycles. The van der Waals surface area contributed by atoms with E-state index in [1.165, 1.54) is 0 Å². The first-order valence-electron chi connectivity index (χ1n) is 7.17. The molecule has 5 heteroatoms. The van der Waals surface area contributed by atoms with Gasteiger partial charge in [-0.25, -0.2) is 4.98 Å². The van der Waals surface area contributed by atoms with E-state index in [2.05, 4.69) is 28.4 Å². The summed E-state index contributed by atoms with van der Waals surface area (Å²) in [7, 11) is 2.17. The lowest BCUT2D eigenvalue weighted by Gasteiger charge is -2.36. The summed E-state index contributed by atoms with van der Waals surface area (Å²) in [4.78, 5) is 6.91. The lowest BCUT2D eigenvalue weighted by atomic mass is 9.98. The van der Waals surface area contributed by atoms with Crippen LogP contribution in [0.3, 0.4) is 0 Å². The van der Waals surface area contributed by atoms with E-state index in [1.54, 1.807) is 0 Å². The van der Waals surface area contributed by atoms with Crippen LogP contribution in [0.5, 0.6) is 0 Å². The first-order chi connectivity index (χ1) is 9.60. The second kappa shape index (κ2) is 5.07. The van der Waals surface area contributed by atoms with Gasteiger partial charge in [0.15, 0.2) is 0 Å². The maximum absolute atomic E-state index is 9.61. The smallest absolute Gasteiger partial charge is 0.135 e. The molecule has 1 aliphatic rings. The zero-order valence-electron chi connectivity index (χ0n) is 12.1. The monoisotopic (exact) mass is 274 g/mol. The normalized spacial score (nSPS) is 24.4. The molecular formula is C15H22N4O. The van der Waals surface area contributed by atoms with E-state index < -0.39 is 0 Å². The fourth-order valence-corrected chi connectivity index (χ4v) is 3.18. The molecule has 20 heavy (non-hydrogen) atoms. The molecule has 3 N–H and O–H groups in total. The molecule has 0 radical (unpaired) electrons. The molecule has 0 amide bonds. The quantitative estimate of drug-likeness (QED) is 0.819. The highest BCUT2D eigenvalue weighted by atomic mass is 16.3. The molecule has 2 aromatic rings. The van der Waals surface area contributed by atoms with Crippen molar-refractivity contribution in [3.63, 3.8) is 0 Å². The molecule has 0 bridgehead atoms. The molecule has 5 nitrogen and oxygen atoms in total. The lowest BCUT2D eigenvalue weighted by Crippen LogP contribution is -2.38. The molecule has 2 heterocycles. The number of fused-ring (bicyclic) bond motifs is 1. The molecule has 1 aromatic carbocycles. The van der Waals surface area contributed by atoms with Gasteiger partial charge in [-0.05, 0) is 45.0 Å². The second-order valence-electron chi connectivity index (χ2n) is 5.81. The van der Waals surface area contributed by atoms with Crippen LogP contribution in [-0.2, 0) is 6.61 Å². The molecule has 0 spiro atoms. The van der Waals surface area contributed by atoms with Crippen LogP contribution in [0.15, 0.2) is 18.2 Å². The summed E-state index contributed by atoms with van der Waals surface area (Å²) in [5.41, 5.74) is 8.49. The Morgan fingerprint density at radius 2 is 2.25 bits per heavy atom. The molecule has 0 aliphatic carbocycles. The lowest BCUT2D eigenvalue weighted by molar-refractivity contribution is 0.153. The van der Waals surface area contributed by atoms with Crippen molar-refractivity contribution in [2.45, 2.75) is 38.5 Å². The van der Waals surface area contributed by atoms with Crippen LogP contribution in [-0.4, -0.2) is 39.2 Å². The molecule has 1 aromatic heterocycles. The van der Waals surface area contributed by atoms with Gasteiger partial charge in [0.05, 0.1) is 11.0 Å². The van der Waals surface area contributed by atoms with Gasteiger partial charge in [0.25, 0.3) is 0 Å². The van der Waals surface area contributed by atoms with Gasteiger partial charge in [0.1, 0.15) is 12.4 Å². The van der Waals surface area contributed by atoms with Crippen molar-refractivity contribution in [1.82, 2.24) is 14.5 Å². The number of aliphatic hydroxyl groups excluding tert-OH is 1. The van der Waals surface area contributed by atoms with Crippen molar-refractivity contribution in [2.24, 2.45) is 0 Å². The number of aromatic nitrogens is 2. The van der Waals surface area contributed by atoms with Crippen LogP contribution in [0, 0.1) is 0 Å². The number of nitrogens with zero attached hydrogens (tertiary/aromatic N) is 3. The predicted molar refractivity (Wildman–Crippen MR) is 80.4 cm³/mol. The maximum Gasteiger partial charge on any atom is 0.135 e. The zero-order chi connectivity index (χ0) is 14.3. The molecule has 2 atom stereocenters. The molecular weight excluding hydrogens is 252 g/mol. The van der Waals surface area contributed by atoms with Crippen LogP contribution < -0.4 is 5.73 Å². The topological polar surface area (TPSA) is 67.3 Å². The molecule has 2 unspecified atom stereocenters. The van der Waals surface area contributed by atoms with Gasteiger partial charge in [0, 0.05) is 24.3 Å². The standard InChI is InChI=1S/C15H22N4O/c1-10-7-12(5-6-18(10)2)19-14-4-3-11(16)8-13(14)17-15(19)9-20/h3-4,8,10,12,20H,5-7,9,16H2,1-2H3. The second-order valence-corrected chi connectivity index (χ2v) is 5.81. The van der Waals surface area contributed by atoms with Gasteiger partial charge in [-0.2, -0.15) is 0 Å². The van der Waals surface area contributed by atoms with Crippen molar-refractivity contribution in [3.8, 4) is 0 Å². The Bertz CT molecular complexity index is 622. The Labute approximate surface area is 119 Å². The predicted octanol–water partition coefficient (Wildman–Crippen LogP) is 1.77. The average molecular weight is 274 g/mol. The number of nitrogen functional groups attached to an aromatic ring is 1. The van der Waals surface area contributed by atoms with E-state index in [9.17, 15) is 5.11 Å². The first-order valence-corrected chi connectivity index (χ1v) is 7.17. The van der Waals surface area contributed by atoms with Crippen molar-refractivity contribution in [3.05, 3.63) is 24.0 Å². The Balaban J connectivity index is 2.05. The highest BCUT2D eigenvalue weighted by Crippen LogP contribution is 2.31. The number of likely N-dealkylation sites (tertiary alicyclic amines) is 1. The number of nitrogens with two attached hydrogens (primary N) is 1. The van der Waals surface area contributed by atoms with Crippen LogP contribution >= 0.6 is 0 Å². The molecule has 1 aliphatic heterocycles. The Hall–Kier alpha value is -1.59. The van der Waals surface area contributed by atoms with Gasteiger partial charge >= 0.3 is 0 Å². The van der Waals surface area contributed by atoms with Crippen LogP contribution in [0.4, 0.5) is 5.69 Å². The number of hydrogen-bond donors (Lipinski definition) is 2. The fraction of sp³-hybridized carbons (Fsp3) is 0.533. The minimum atomic E-state index is -0.0324. The summed E-state index contributed by atoms with van der Waals surface area (Å²) in [5, 5.41) is 9.61. The maximum atomic E-state index is 9.61.